The van der Waals surface area contributed by atoms with Crippen molar-refractivity contribution in [2.75, 3.05) is 27.6 Å². The molecule has 1 aliphatic heterocycles. The van der Waals surface area contributed by atoms with Gasteiger partial charge >= 0.3 is 291 Å². The van der Waals surface area contributed by atoms with Crippen molar-refractivity contribution in [1.29, 1.82) is 0 Å². The van der Waals surface area contributed by atoms with Crippen LogP contribution >= 0.6 is 0 Å². The average molecular weight is 2730 g/mol. The van der Waals surface area contributed by atoms with E-state index in [0.29, 0.717) is 27.8 Å². The third kappa shape index (κ3) is 64.6. The zero-order chi connectivity index (χ0) is 118. The van der Waals surface area contributed by atoms with Crippen LogP contribution in [0.15, 0.2) is 0 Å². The van der Waals surface area contributed by atoms with Crippen LogP contribution in [0.3, 0.4) is 0 Å². The van der Waals surface area contributed by atoms with Crippen molar-refractivity contribution in [3.8, 4) is 0 Å². The molecular weight excluding hydrogens is 2500 g/mol. The van der Waals surface area contributed by atoms with Crippen LogP contribution in [-0.4, -0.2) is 337 Å². The van der Waals surface area contributed by atoms with E-state index >= 15 is 0 Å². The molecule has 0 spiro atoms. The Bertz CT molecular complexity index is 3960. The highest BCUT2D eigenvalue weighted by molar-refractivity contribution is 7.01. The molecule has 886 valence electrons. The molecule has 73 heteroatoms. The maximum Gasteiger partial charge on any atom is 0.500 e. The van der Waals surface area contributed by atoms with Gasteiger partial charge in [-0.25, -0.2) is 0 Å². The summed E-state index contributed by atoms with van der Waals surface area (Å²) in [5.74, 6) is 0. The Balaban J connectivity index is 3.06. The van der Waals surface area contributed by atoms with E-state index in [2.05, 4.69) is 439 Å². The first-order valence-corrected chi connectivity index (χ1v) is 151. The van der Waals surface area contributed by atoms with Crippen molar-refractivity contribution in [1.82, 2.24) is 0 Å². The SMILES string of the molecule is CO[Si](CC[Si]1(C)O[Si](C)(C)O[Si](C)(CC[Si](C)(C)O[Si](C)(C)O[Si](C)(C)O[Si](C)(C)O[Si](C)(C)O[Si](C)(C)O[Si](C)(C)O[Si](C)(C)O[Si](C)(C)O[Si](C)(C)O[Si](C)(C)O[Si](C)(C)O[Si](C)(C)O[Si](C)(C)O[Si](C)(C)O[Si](C)(C)O[Si](C)(C)O[Si](C)(C)O[Si](C)(C)O[Si](C)(C)O[Si](C)(C)O[Si](C)(C)O[Si](C)(C)O[Si](C)(C)O[Si](C)(C)O[Si](C)(C)O[Si](C)(C)O[Si](C)(C)O[Si](C)(C)O[Si](C)(C)OC[Si]C)O[Si](C)(C)O1)(OC)OC. The fourth-order valence-corrected chi connectivity index (χ4v) is 206. The van der Waals surface area contributed by atoms with Crippen LogP contribution in [0.2, 0.25) is 463 Å². The summed E-state index contributed by atoms with van der Waals surface area (Å²) in [6, 6.07) is 2.74. The van der Waals surface area contributed by atoms with Crippen LogP contribution in [0.5, 0.6) is 0 Å². The van der Waals surface area contributed by atoms with Crippen LogP contribution in [-0.2, 0) is 154 Å². The minimum atomic E-state index is -2.97. The molecular formula is C75H220O37Si36. The van der Waals surface area contributed by atoms with Gasteiger partial charge in [0.15, 0.2) is 8.32 Å². The average Bonchev–Trinajstić information content (AvgIpc) is 0.767. The first-order valence-electron chi connectivity index (χ1n) is 52.1. The highest BCUT2D eigenvalue weighted by Crippen LogP contribution is 2.43. The van der Waals surface area contributed by atoms with Crippen LogP contribution in [0.4, 0.5) is 0 Å². The highest BCUT2D eigenvalue weighted by Gasteiger charge is 2.62. The highest BCUT2D eigenvalue weighted by atomic mass is 28.6. The molecule has 37 nitrogen and oxygen atoms in total. The second-order valence-corrected chi connectivity index (χ2v) is 181. The molecule has 0 amide bonds. The Morgan fingerprint density at radius 2 is 0.270 bits per heavy atom. The standard InChI is InChI=1S/C75H220O37Si36/c1-76-148(77-2,78-3)74-73-147(70)111-144(65,66)109-146(69,110-145(67,68)112-147)72-71-114(5,6)80-116(9,10)82-118(13,14)84-120(17,18)86-122(21,22)88-124(25,26)90-126(29,30)92-128(33,34)94-130(37,38)96-132(41,42)98-134(45,46)100-136(49,50)102-138(53,54)104-140(57,58)106-142(61,62)108-143(63,64)107-141(59,60)105-139(55,56)103-137(51,52)101-135(47,48)99-133(43,44)97-131(39,40)95-129(35,36)93-127(31,32)91-125(27,28)89-123(23,24)87-121(19,20)85-119(15,16)83-117(11,12)81-115(7,8)79-75-113-4/h71-75H2,1-70H3. The Kier molecular flexibility index (Phi) is 54.5. The third-order valence-corrected chi connectivity index (χ3v) is 158. The Labute approximate surface area is 943 Å². The molecule has 1 saturated heterocycles. The molecule has 148 heavy (non-hydrogen) atoms. The number of rotatable bonds is 70. The van der Waals surface area contributed by atoms with Crippen LogP contribution in [0.25, 0.3) is 0 Å². The van der Waals surface area contributed by atoms with Gasteiger partial charge in [-0.3, -0.25) is 0 Å². The Hall–Kier alpha value is 6.33. The molecule has 1 fully saturated rings. The van der Waals surface area contributed by atoms with Crippen molar-refractivity contribution in [3.05, 3.63) is 0 Å². The van der Waals surface area contributed by atoms with Crippen molar-refractivity contribution < 1.29 is 154 Å². The van der Waals surface area contributed by atoms with Crippen LogP contribution in [0, 0.1) is 0 Å². The van der Waals surface area contributed by atoms with Crippen molar-refractivity contribution in [3.63, 3.8) is 0 Å². The molecule has 0 N–H and O–H groups in total. The minimum absolute atomic E-state index is 0.566. The number of hydrogen-bond acceptors (Lipinski definition) is 37. The molecule has 1 rings (SSSR count). The molecule has 0 saturated carbocycles. The lowest BCUT2D eigenvalue weighted by molar-refractivity contribution is 0.124. The molecule has 0 atom stereocenters. The van der Waals surface area contributed by atoms with E-state index in [-0.39, 0.29) is 0 Å². The summed E-state index contributed by atoms with van der Waals surface area (Å²) < 4.78 is 255. The molecule has 0 aromatic heterocycles. The fourth-order valence-electron chi connectivity index (χ4n) is 22.0. The van der Waals surface area contributed by atoms with Gasteiger partial charge in [0.05, 0.1) is 9.52 Å². The maximum atomic E-state index is 7.18. The van der Waals surface area contributed by atoms with Gasteiger partial charge in [0.1, 0.15) is 0 Å². The predicted molar refractivity (Wildman–Crippen MR) is 682 cm³/mol. The summed E-state index contributed by atoms with van der Waals surface area (Å²) in [6.45, 7) is 139. The third-order valence-electron chi connectivity index (χ3n) is 19.7. The molecule has 1 aliphatic rings. The van der Waals surface area contributed by atoms with Gasteiger partial charge in [-0.1, -0.05) is 6.55 Å². The van der Waals surface area contributed by atoms with Crippen LogP contribution in [0.1, 0.15) is 0 Å². The van der Waals surface area contributed by atoms with Gasteiger partial charge in [-0.15, -0.1) is 0 Å². The van der Waals surface area contributed by atoms with E-state index in [1.807, 2.05) is 0 Å². The summed E-state index contributed by atoms with van der Waals surface area (Å²) in [5, 5.41) is 0. The van der Waals surface area contributed by atoms with Gasteiger partial charge in [0.2, 0.25) is 0 Å². The summed E-state index contributed by atoms with van der Waals surface area (Å²) >= 11 is 0. The van der Waals surface area contributed by atoms with E-state index < -0.39 is 300 Å². The maximum absolute atomic E-state index is 7.18. The fraction of sp³-hybridized carbons (Fsp3) is 1.00. The lowest BCUT2D eigenvalue weighted by Gasteiger charge is -2.49. The van der Waals surface area contributed by atoms with Gasteiger partial charge in [0.25, 0.3) is 0 Å². The predicted octanol–water partition coefficient (Wildman–Crippen LogP) is 25.3. The molecule has 0 unspecified atom stereocenters. The lowest BCUT2D eigenvalue weighted by Crippen LogP contribution is -2.66. The van der Waals surface area contributed by atoms with E-state index in [9.17, 15) is 0 Å². The molecule has 0 aromatic carbocycles. The zero-order valence-electron chi connectivity index (χ0n) is 107. The summed E-state index contributed by atoms with van der Waals surface area (Å²) in [5.41, 5.74) is 0. The van der Waals surface area contributed by atoms with E-state index in [1.165, 1.54) is 0 Å². The van der Waals surface area contributed by atoms with E-state index in [0.717, 1.165) is 12.1 Å². The zero-order valence-corrected chi connectivity index (χ0v) is 143. The number of hydrogen-bond donors (Lipinski definition) is 0. The molecule has 2 radical (unpaired) electrons. The van der Waals surface area contributed by atoms with E-state index in [1.54, 1.807) is 21.3 Å². The normalized spacial score (nSPS) is 19.2. The Morgan fingerprint density at radius 1 is 0.162 bits per heavy atom. The van der Waals surface area contributed by atoms with Crippen molar-refractivity contribution >= 4 is 309 Å². The quantitative estimate of drug-likeness (QED) is 0.0510. The second kappa shape index (κ2) is 52.9. The summed E-state index contributed by atoms with van der Waals surface area (Å²) in [7, 11) is -94.6. The van der Waals surface area contributed by atoms with Crippen molar-refractivity contribution in [2.24, 2.45) is 0 Å². The minimum Gasteiger partial charge on any atom is -0.436 e. The topological polar surface area (TPSA) is 342 Å². The first kappa shape index (κ1) is 152. The van der Waals surface area contributed by atoms with Crippen LogP contribution < -0.4 is 0 Å². The van der Waals surface area contributed by atoms with Crippen molar-refractivity contribution in [2.45, 2.75) is 463 Å². The van der Waals surface area contributed by atoms with Gasteiger partial charge in [-0.05, 0) is 450 Å². The summed E-state index contributed by atoms with van der Waals surface area (Å²) in [6.07, 6.45) is 0.692. The first-order chi connectivity index (χ1) is 64.0. The lowest BCUT2D eigenvalue weighted by atomic mass is 10.9. The van der Waals surface area contributed by atoms with E-state index in [4.69, 9.17) is 154 Å². The van der Waals surface area contributed by atoms with Gasteiger partial charge in [0, 0.05) is 33.6 Å². The van der Waals surface area contributed by atoms with Gasteiger partial charge in [-0.2, -0.15) is 0 Å². The smallest absolute Gasteiger partial charge is 0.436 e. The molecule has 0 aromatic rings. The summed E-state index contributed by atoms with van der Waals surface area (Å²) in [4.78, 5) is 0. The molecule has 0 aliphatic carbocycles. The Morgan fingerprint density at radius 3 is 0.385 bits per heavy atom. The second-order valence-electron chi connectivity index (χ2n) is 53.7. The monoisotopic (exact) mass is 2720 g/mol. The molecule has 0 bridgehead atoms. The van der Waals surface area contributed by atoms with Gasteiger partial charge < -0.3 is 154 Å². The molecule has 1 heterocycles. The largest absolute Gasteiger partial charge is 0.500 e.